The van der Waals surface area contributed by atoms with Crippen LogP contribution in [-0.4, -0.2) is 15.5 Å². The molecule has 0 fully saturated rings. The number of benzene rings is 1. The van der Waals surface area contributed by atoms with Crippen molar-refractivity contribution < 1.29 is 0 Å². The molecule has 20 heavy (non-hydrogen) atoms. The van der Waals surface area contributed by atoms with Crippen LogP contribution in [0.3, 0.4) is 0 Å². The van der Waals surface area contributed by atoms with Crippen molar-refractivity contribution in [1.29, 1.82) is 0 Å². The monoisotopic (exact) mass is 261 g/mol. The fourth-order valence-corrected chi connectivity index (χ4v) is 2.92. The van der Waals surface area contributed by atoms with Gasteiger partial charge in [-0.1, -0.05) is 30.4 Å². The molecule has 2 aromatic rings. The molecule has 1 aliphatic carbocycles. The third-order valence-corrected chi connectivity index (χ3v) is 3.92. The Morgan fingerprint density at radius 3 is 2.90 bits per heavy atom. The predicted molar refractivity (Wildman–Crippen MR) is 80.9 cm³/mol. The van der Waals surface area contributed by atoms with Gasteiger partial charge >= 0.3 is 0 Å². The van der Waals surface area contributed by atoms with Gasteiger partial charge in [0.25, 0.3) is 0 Å². The van der Waals surface area contributed by atoms with E-state index < -0.39 is 0 Å². The molecule has 2 aliphatic rings. The number of rotatable bonds is 1. The van der Waals surface area contributed by atoms with Crippen molar-refractivity contribution in [2.24, 2.45) is 12.0 Å². The van der Waals surface area contributed by atoms with E-state index in [9.17, 15) is 0 Å². The van der Waals surface area contributed by atoms with Crippen LogP contribution in [-0.2, 0) is 20.0 Å². The lowest BCUT2D eigenvalue weighted by Gasteiger charge is -2.14. The molecule has 4 rings (SSSR count). The number of allylic oxidation sites excluding steroid dienone is 2. The molecule has 0 atom stereocenters. The minimum Gasteiger partial charge on any atom is -0.279 e. The molecule has 0 saturated heterocycles. The van der Waals surface area contributed by atoms with Crippen LogP contribution in [0.15, 0.2) is 47.7 Å². The van der Waals surface area contributed by atoms with E-state index in [1.165, 1.54) is 27.8 Å². The normalized spacial score (nSPS) is 16.1. The number of fused-ring (bicyclic) bond motifs is 2. The number of hydrogen-bond donors (Lipinski definition) is 0. The van der Waals surface area contributed by atoms with E-state index in [4.69, 9.17) is 4.99 Å². The summed E-state index contributed by atoms with van der Waals surface area (Å²) in [5, 5.41) is 4.24. The van der Waals surface area contributed by atoms with Crippen LogP contribution >= 0.6 is 0 Å². The highest BCUT2D eigenvalue weighted by Crippen LogP contribution is 2.30. The Morgan fingerprint density at radius 2 is 2.10 bits per heavy atom. The van der Waals surface area contributed by atoms with Gasteiger partial charge in [-0.15, -0.1) is 0 Å². The van der Waals surface area contributed by atoms with E-state index in [0.717, 1.165) is 24.2 Å². The lowest BCUT2D eigenvalue weighted by molar-refractivity contribution is 0.767. The molecular weight excluding hydrogens is 246 g/mol. The molecule has 0 spiro atoms. The van der Waals surface area contributed by atoms with Gasteiger partial charge in [-0.05, 0) is 29.2 Å². The first-order valence-electron chi connectivity index (χ1n) is 6.76. The van der Waals surface area contributed by atoms with Gasteiger partial charge in [-0.3, -0.25) is 9.67 Å². The molecular formula is C17H15N3. The quantitative estimate of drug-likeness (QED) is 0.776. The molecule has 0 bridgehead atoms. The number of aliphatic imine (C=N–C) groups is 1. The zero-order chi connectivity index (χ0) is 13.7. The fourth-order valence-electron chi connectivity index (χ4n) is 2.92. The maximum Gasteiger partial charge on any atom is 0.0758 e. The van der Waals surface area contributed by atoms with Crippen molar-refractivity contribution in [2.45, 2.75) is 13.0 Å². The first-order chi connectivity index (χ1) is 9.70. The highest BCUT2D eigenvalue weighted by atomic mass is 15.2. The number of aromatic nitrogens is 2. The third kappa shape index (κ3) is 1.67. The highest BCUT2D eigenvalue weighted by Gasteiger charge is 2.21. The molecule has 0 amide bonds. The average molecular weight is 261 g/mol. The maximum atomic E-state index is 4.69. The summed E-state index contributed by atoms with van der Waals surface area (Å²) in [7, 11) is 1.93. The van der Waals surface area contributed by atoms with Gasteiger partial charge in [0.1, 0.15) is 0 Å². The zero-order valence-corrected chi connectivity index (χ0v) is 11.4. The van der Waals surface area contributed by atoms with Crippen LogP contribution in [0.25, 0.3) is 6.08 Å². The molecule has 1 aromatic carbocycles. The second kappa shape index (κ2) is 4.04. The van der Waals surface area contributed by atoms with Crippen molar-refractivity contribution in [1.82, 2.24) is 9.78 Å². The fraction of sp³-hybridized carbons (Fsp3) is 0.176. The van der Waals surface area contributed by atoms with E-state index in [-0.39, 0.29) is 0 Å². The zero-order valence-electron chi connectivity index (χ0n) is 11.4. The van der Waals surface area contributed by atoms with Gasteiger partial charge in [-0.25, -0.2) is 0 Å². The lowest BCUT2D eigenvalue weighted by Crippen LogP contribution is -2.04. The van der Waals surface area contributed by atoms with E-state index in [2.05, 4.69) is 36.0 Å². The van der Waals surface area contributed by atoms with Gasteiger partial charge < -0.3 is 0 Å². The van der Waals surface area contributed by atoms with E-state index in [1.807, 2.05) is 24.1 Å². The summed E-state index contributed by atoms with van der Waals surface area (Å²) in [4.78, 5) is 4.69. The van der Waals surface area contributed by atoms with Crippen LogP contribution < -0.4 is 0 Å². The minimum atomic E-state index is 0.767. The summed E-state index contributed by atoms with van der Waals surface area (Å²) in [6.45, 7) is 4.81. The predicted octanol–water partition coefficient (Wildman–Crippen LogP) is 2.90. The Bertz CT molecular complexity index is 791. The van der Waals surface area contributed by atoms with Crippen molar-refractivity contribution in [3.63, 3.8) is 0 Å². The van der Waals surface area contributed by atoms with E-state index in [0.29, 0.717) is 0 Å². The van der Waals surface area contributed by atoms with Crippen LogP contribution in [0, 0.1) is 0 Å². The number of hydrogen-bond acceptors (Lipinski definition) is 2. The SMILES string of the molecule is C=C1C=Cc2cc3c(cc2C1)CN=C3c1cnn(C)c1. The Morgan fingerprint density at radius 1 is 1.20 bits per heavy atom. The molecule has 3 heteroatoms. The Labute approximate surface area is 118 Å². The van der Waals surface area contributed by atoms with Crippen LogP contribution in [0.1, 0.15) is 27.8 Å². The summed E-state index contributed by atoms with van der Waals surface area (Å²) < 4.78 is 1.82. The Hall–Kier alpha value is -2.42. The smallest absolute Gasteiger partial charge is 0.0758 e. The lowest BCUT2D eigenvalue weighted by atomic mass is 9.89. The second-order valence-electron chi connectivity index (χ2n) is 5.44. The Balaban J connectivity index is 1.83. The van der Waals surface area contributed by atoms with E-state index in [1.54, 1.807) is 0 Å². The molecule has 1 aromatic heterocycles. The third-order valence-electron chi connectivity index (χ3n) is 3.92. The van der Waals surface area contributed by atoms with Crippen LogP contribution in [0.2, 0.25) is 0 Å². The van der Waals surface area contributed by atoms with Gasteiger partial charge in [0, 0.05) is 24.4 Å². The van der Waals surface area contributed by atoms with Gasteiger partial charge in [0.2, 0.25) is 0 Å². The summed E-state index contributed by atoms with van der Waals surface area (Å²) in [6.07, 6.45) is 9.10. The first-order valence-corrected chi connectivity index (χ1v) is 6.76. The largest absolute Gasteiger partial charge is 0.279 e. The van der Waals surface area contributed by atoms with Gasteiger partial charge in [-0.2, -0.15) is 5.10 Å². The molecule has 98 valence electrons. The number of aryl methyl sites for hydroxylation is 1. The van der Waals surface area contributed by atoms with Crippen molar-refractivity contribution in [2.75, 3.05) is 0 Å². The second-order valence-corrected chi connectivity index (χ2v) is 5.44. The van der Waals surface area contributed by atoms with Crippen molar-refractivity contribution >= 4 is 11.8 Å². The topological polar surface area (TPSA) is 30.2 Å². The molecule has 0 radical (unpaired) electrons. The van der Waals surface area contributed by atoms with Gasteiger partial charge in [0.05, 0.1) is 18.5 Å². The molecule has 3 nitrogen and oxygen atoms in total. The first kappa shape index (κ1) is 11.4. The standard InChI is InChI=1S/C17H15N3/c1-11-3-4-12-7-16-14(6-13(12)5-11)8-18-17(16)15-9-19-20(2)10-15/h3-4,6-7,9-10H,1,5,8H2,2H3. The Kier molecular flexibility index (Phi) is 2.30. The van der Waals surface area contributed by atoms with Crippen LogP contribution in [0.5, 0.6) is 0 Å². The minimum absolute atomic E-state index is 0.767. The molecule has 1 aliphatic heterocycles. The van der Waals surface area contributed by atoms with Crippen LogP contribution in [0.4, 0.5) is 0 Å². The molecule has 0 saturated carbocycles. The maximum absolute atomic E-state index is 4.69. The molecule has 0 unspecified atom stereocenters. The van der Waals surface area contributed by atoms with Crippen molar-refractivity contribution in [3.05, 3.63) is 70.6 Å². The van der Waals surface area contributed by atoms with E-state index >= 15 is 0 Å². The summed E-state index contributed by atoms with van der Waals surface area (Å²) in [6, 6.07) is 4.54. The van der Waals surface area contributed by atoms with Gasteiger partial charge in [0.15, 0.2) is 0 Å². The summed E-state index contributed by atoms with van der Waals surface area (Å²) in [5.74, 6) is 0. The average Bonchev–Trinajstić information content (AvgIpc) is 3.02. The molecule has 0 N–H and O–H groups in total. The highest BCUT2D eigenvalue weighted by molar-refractivity contribution is 6.15. The molecule has 2 heterocycles. The summed E-state index contributed by atoms with van der Waals surface area (Å²) in [5.41, 5.74) is 8.53. The summed E-state index contributed by atoms with van der Waals surface area (Å²) >= 11 is 0. The number of nitrogens with zero attached hydrogens (tertiary/aromatic N) is 3. The van der Waals surface area contributed by atoms with Crippen molar-refractivity contribution in [3.8, 4) is 0 Å².